The number of rotatable bonds is 1. The van der Waals surface area contributed by atoms with E-state index in [1.807, 2.05) is 0 Å². The van der Waals surface area contributed by atoms with Crippen molar-refractivity contribution >= 4 is 6.71 Å². The maximum absolute atomic E-state index is 1.58. The van der Waals surface area contributed by atoms with Gasteiger partial charge in [-0.05, 0) is 0 Å². The molecule has 90 valence electrons. The van der Waals surface area contributed by atoms with Crippen LogP contribution in [0.3, 0.4) is 0 Å². The summed E-state index contributed by atoms with van der Waals surface area (Å²) in [5.41, 5.74) is 0. The molecule has 16 heavy (non-hydrogen) atoms. The van der Waals surface area contributed by atoms with Crippen LogP contribution in [0, 0.1) is 0 Å². The van der Waals surface area contributed by atoms with E-state index in [0.717, 1.165) is 17.5 Å². The Kier molecular flexibility index (Phi) is 3.59. The van der Waals surface area contributed by atoms with Crippen LogP contribution in [0.25, 0.3) is 0 Å². The van der Waals surface area contributed by atoms with E-state index in [1.165, 1.54) is 19.6 Å². The highest BCUT2D eigenvalue weighted by Gasteiger charge is 2.43. The smallest absolute Gasteiger partial charge is 0.0617 e. The third-order valence-corrected chi connectivity index (χ3v) is 5.83. The van der Waals surface area contributed by atoms with Crippen LogP contribution < -0.4 is 0 Å². The molecule has 0 aromatic rings. The molecule has 2 aliphatic heterocycles. The van der Waals surface area contributed by atoms with Gasteiger partial charge in [0.1, 0.15) is 6.71 Å². The van der Waals surface area contributed by atoms with Crippen molar-refractivity contribution in [3.63, 3.8) is 0 Å². The van der Waals surface area contributed by atoms with E-state index in [2.05, 4.69) is 0 Å². The predicted molar refractivity (Wildman–Crippen MR) is 72.4 cm³/mol. The molecule has 3 fully saturated rings. The highest BCUT2D eigenvalue weighted by molar-refractivity contribution is 6.64. The van der Waals surface area contributed by atoms with Gasteiger partial charge in [-0.15, -0.1) is 0 Å². The van der Waals surface area contributed by atoms with E-state index in [9.17, 15) is 0 Å². The van der Waals surface area contributed by atoms with Gasteiger partial charge in [-0.25, -0.2) is 0 Å². The number of hydrogen-bond acceptors (Lipinski definition) is 0. The van der Waals surface area contributed by atoms with Gasteiger partial charge in [0.2, 0.25) is 0 Å². The Morgan fingerprint density at radius 3 is 1.25 bits per heavy atom. The summed E-state index contributed by atoms with van der Waals surface area (Å²) in [5, 5.41) is 0. The van der Waals surface area contributed by atoms with Gasteiger partial charge in [-0.2, -0.15) is 0 Å². The lowest BCUT2D eigenvalue weighted by atomic mass is 9.22. The lowest BCUT2D eigenvalue weighted by Gasteiger charge is -2.44. The van der Waals surface area contributed by atoms with Gasteiger partial charge in [-0.1, -0.05) is 94.5 Å². The largest absolute Gasteiger partial charge is 0.149 e. The summed E-state index contributed by atoms with van der Waals surface area (Å²) < 4.78 is 0. The Hall–Kier alpha value is 0.0649. The van der Waals surface area contributed by atoms with Crippen molar-refractivity contribution in [3.8, 4) is 0 Å². The highest BCUT2D eigenvalue weighted by atomic mass is 14.3. The summed E-state index contributed by atoms with van der Waals surface area (Å²) in [5.74, 6) is 3.43. The van der Waals surface area contributed by atoms with E-state index >= 15 is 0 Å². The summed E-state index contributed by atoms with van der Waals surface area (Å²) in [6, 6.07) is 0. The molecule has 0 amide bonds. The molecule has 1 heteroatoms. The van der Waals surface area contributed by atoms with Crippen molar-refractivity contribution < 1.29 is 0 Å². The summed E-state index contributed by atoms with van der Waals surface area (Å²) >= 11 is 0. The van der Waals surface area contributed by atoms with Gasteiger partial charge in [-0.3, -0.25) is 0 Å². The quantitative estimate of drug-likeness (QED) is 0.413. The SMILES string of the molecule is C1CCCC(B2C3CCCC2CCC3)CC1. The monoisotopic (exact) mass is 218 g/mol. The van der Waals surface area contributed by atoms with Crippen LogP contribution in [-0.4, -0.2) is 6.71 Å². The Bertz CT molecular complexity index is 195. The molecule has 0 radical (unpaired) electrons. The van der Waals surface area contributed by atoms with Crippen LogP contribution in [0.5, 0.6) is 0 Å². The molecule has 0 spiro atoms. The van der Waals surface area contributed by atoms with E-state index in [1.54, 1.807) is 64.2 Å². The average Bonchev–Trinajstić information content (AvgIpc) is 2.56. The molecular weight excluding hydrogens is 191 g/mol. The second-order valence-corrected chi connectivity index (χ2v) is 6.71. The molecule has 0 unspecified atom stereocenters. The van der Waals surface area contributed by atoms with E-state index < -0.39 is 0 Å². The molecule has 0 nitrogen and oxygen atoms in total. The van der Waals surface area contributed by atoms with Gasteiger partial charge in [0.05, 0.1) is 0 Å². The predicted octanol–water partition coefficient (Wildman–Crippen LogP) is 5.31. The highest BCUT2D eigenvalue weighted by Crippen LogP contribution is 2.52. The second-order valence-electron chi connectivity index (χ2n) is 6.71. The van der Waals surface area contributed by atoms with Gasteiger partial charge in [0.25, 0.3) is 0 Å². The van der Waals surface area contributed by atoms with Crippen LogP contribution in [-0.2, 0) is 0 Å². The van der Waals surface area contributed by atoms with E-state index in [-0.39, 0.29) is 0 Å². The van der Waals surface area contributed by atoms with Gasteiger partial charge in [0.15, 0.2) is 0 Å². The fraction of sp³-hybridized carbons (Fsp3) is 1.00. The molecule has 0 atom stereocenters. The topological polar surface area (TPSA) is 0 Å². The van der Waals surface area contributed by atoms with Crippen LogP contribution in [0.2, 0.25) is 17.5 Å². The third kappa shape index (κ3) is 2.20. The zero-order chi connectivity index (χ0) is 10.8. The summed E-state index contributed by atoms with van der Waals surface area (Å²) in [4.78, 5) is 0. The maximum atomic E-state index is 1.58. The molecule has 3 rings (SSSR count). The van der Waals surface area contributed by atoms with Crippen LogP contribution in [0.1, 0.15) is 77.0 Å². The zero-order valence-corrected chi connectivity index (χ0v) is 10.8. The zero-order valence-electron chi connectivity index (χ0n) is 10.8. The fourth-order valence-corrected chi connectivity index (χ4v) is 5.19. The van der Waals surface area contributed by atoms with Crippen molar-refractivity contribution in [2.45, 2.75) is 94.5 Å². The molecule has 1 saturated carbocycles. The van der Waals surface area contributed by atoms with Crippen LogP contribution in [0.15, 0.2) is 0 Å². The Balaban J connectivity index is 1.70. The van der Waals surface area contributed by atoms with Gasteiger partial charge in [0, 0.05) is 0 Å². The minimum atomic E-state index is 1.14. The molecule has 0 aromatic carbocycles. The molecule has 3 aliphatic rings. The van der Waals surface area contributed by atoms with Crippen molar-refractivity contribution in [3.05, 3.63) is 0 Å². The first kappa shape index (κ1) is 11.2. The van der Waals surface area contributed by atoms with Crippen molar-refractivity contribution in [2.24, 2.45) is 0 Å². The van der Waals surface area contributed by atoms with E-state index in [0.29, 0.717) is 0 Å². The first-order valence-corrected chi connectivity index (χ1v) is 7.95. The van der Waals surface area contributed by atoms with Crippen LogP contribution in [0.4, 0.5) is 0 Å². The normalized spacial score (nSPS) is 37.1. The second kappa shape index (κ2) is 5.15. The molecular formula is C15H27B. The van der Waals surface area contributed by atoms with Gasteiger partial charge >= 0.3 is 0 Å². The summed E-state index contributed by atoms with van der Waals surface area (Å²) in [7, 11) is 0. The fourth-order valence-electron chi connectivity index (χ4n) is 5.19. The Morgan fingerprint density at radius 2 is 0.812 bits per heavy atom. The molecule has 2 saturated heterocycles. The third-order valence-electron chi connectivity index (χ3n) is 5.83. The summed E-state index contributed by atoms with van der Waals surface area (Å²) in [6.45, 7) is 1.17. The molecule has 0 aromatic heterocycles. The minimum absolute atomic E-state index is 1.14. The van der Waals surface area contributed by atoms with Crippen molar-refractivity contribution in [1.29, 1.82) is 0 Å². The van der Waals surface area contributed by atoms with E-state index in [4.69, 9.17) is 0 Å². The number of fused-ring (bicyclic) bond motifs is 2. The lowest BCUT2D eigenvalue weighted by molar-refractivity contribution is 0.428. The van der Waals surface area contributed by atoms with Crippen molar-refractivity contribution in [2.75, 3.05) is 0 Å². The maximum Gasteiger partial charge on any atom is 0.149 e. The Morgan fingerprint density at radius 1 is 0.438 bits per heavy atom. The molecule has 1 aliphatic carbocycles. The first-order valence-electron chi connectivity index (χ1n) is 7.95. The molecule has 2 heterocycles. The number of hydrogen-bond donors (Lipinski definition) is 0. The Labute approximate surface area is 102 Å². The van der Waals surface area contributed by atoms with Crippen LogP contribution >= 0.6 is 0 Å². The van der Waals surface area contributed by atoms with Crippen molar-refractivity contribution in [1.82, 2.24) is 0 Å². The lowest BCUT2D eigenvalue weighted by Crippen LogP contribution is -2.38. The van der Waals surface area contributed by atoms with Gasteiger partial charge < -0.3 is 0 Å². The molecule has 2 bridgehead atoms. The first-order chi connectivity index (χ1) is 7.95. The average molecular weight is 218 g/mol. The summed E-state index contributed by atoms with van der Waals surface area (Å²) in [6.07, 6.45) is 18.7. The minimum Gasteiger partial charge on any atom is -0.0617 e. The standard InChI is InChI=1S/C15H27B/c1-2-4-8-13(7-3-1)16-14-9-5-10-15(16)12-6-11-14/h13-15H,1-12H2. The molecule has 0 N–H and O–H groups in total.